The van der Waals surface area contributed by atoms with E-state index in [-0.39, 0.29) is 12.1 Å². The summed E-state index contributed by atoms with van der Waals surface area (Å²) in [6, 6.07) is -0.127. The maximum absolute atomic E-state index is 10.6. The topological polar surface area (TPSA) is 70.0 Å². The number of carbonyl (C=O) groups is 1. The van der Waals surface area contributed by atoms with Crippen LogP contribution in [0.3, 0.4) is 0 Å². The second-order valence-electron chi connectivity index (χ2n) is 3.20. The van der Waals surface area contributed by atoms with Crippen LogP contribution in [0.5, 0.6) is 0 Å². The van der Waals surface area contributed by atoms with Crippen LogP contribution in [0.4, 0.5) is 4.79 Å². The number of amides is 1. The van der Waals surface area contributed by atoms with Gasteiger partial charge in [-0.05, 0) is 6.42 Å². The first-order chi connectivity index (χ1) is 5.68. The molecule has 0 aromatic rings. The molecule has 2 saturated heterocycles. The number of hydrogen-bond donors (Lipinski definition) is 2. The van der Waals surface area contributed by atoms with Gasteiger partial charge in [0.05, 0.1) is 12.1 Å². The summed E-state index contributed by atoms with van der Waals surface area (Å²) >= 11 is 0. The normalized spacial score (nSPS) is 40.1. The van der Waals surface area contributed by atoms with Crippen molar-refractivity contribution in [1.29, 1.82) is 0 Å². The molecule has 5 heteroatoms. The molecule has 0 aromatic carbocycles. The highest BCUT2D eigenvalue weighted by molar-refractivity contribution is 5.66. The van der Waals surface area contributed by atoms with E-state index in [0.29, 0.717) is 19.4 Å². The van der Waals surface area contributed by atoms with Crippen molar-refractivity contribution in [1.82, 2.24) is 4.90 Å². The monoisotopic (exact) mass is 173 g/mol. The lowest BCUT2D eigenvalue weighted by Gasteiger charge is -2.18. The molecule has 0 spiro atoms. The average Bonchev–Trinajstić information content (AvgIpc) is 2.43. The molecule has 3 unspecified atom stereocenters. The van der Waals surface area contributed by atoms with Crippen LogP contribution < -0.4 is 0 Å². The minimum atomic E-state index is -0.916. The third-order valence-electron chi connectivity index (χ3n) is 2.50. The van der Waals surface area contributed by atoms with Gasteiger partial charge in [-0.1, -0.05) is 0 Å². The fraction of sp³-hybridized carbons (Fsp3) is 0.857. The Morgan fingerprint density at radius 1 is 1.58 bits per heavy atom. The lowest BCUT2D eigenvalue weighted by molar-refractivity contribution is -0.0893. The lowest BCUT2D eigenvalue weighted by Crippen LogP contribution is -2.36. The summed E-state index contributed by atoms with van der Waals surface area (Å²) in [6.07, 6.45) is -0.663. The Morgan fingerprint density at radius 2 is 2.33 bits per heavy atom. The minimum absolute atomic E-state index is 0.0869. The number of aliphatic hydroxyl groups is 1. The first-order valence-electron chi connectivity index (χ1n) is 4.01. The van der Waals surface area contributed by atoms with Crippen LogP contribution in [0.15, 0.2) is 0 Å². The maximum Gasteiger partial charge on any atom is 0.407 e. The molecule has 5 nitrogen and oxygen atoms in total. The molecular formula is C7H11NO4. The Balaban J connectivity index is 2.08. The van der Waals surface area contributed by atoms with Crippen molar-refractivity contribution in [2.45, 2.75) is 31.3 Å². The zero-order chi connectivity index (χ0) is 8.72. The molecule has 0 saturated carbocycles. The number of rotatable bonds is 0. The van der Waals surface area contributed by atoms with Crippen molar-refractivity contribution >= 4 is 6.09 Å². The zero-order valence-corrected chi connectivity index (χ0v) is 6.51. The van der Waals surface area contributed by atoms with Gasteiger partial charge in [-0.15, -0.1) is 0 Å². The first kappa shape index (κ1) is 7.82. The predicted molar refractivity (Wildman–Crippen MR) is 38.6 cm³/mol. The van der Waals surface area contributed by atoms with Gasteiger partial charge < -0.3 is 19.8 Å². The van der Waals surface area contributed by atoms with Crippen LogP contribution in [0.1, 0.15) is 12.8 Å². The molecule has 12 heavy (non-hydrogen) atoms. The van der Waals surface area contributed by atoms with Gasteiger partial charge in [-0.25, -0.2) is 4.79 Å². The summed E-state index contributed by atoms with van der Waals surface area (Å²) < 4.78 is 5.12. The molecular weight excluding hydrogens is 162 g/mol. The van der Waals surface area contributed by atoms with Crippen molar-refractivity contribution in [3.63, 3.8) is 0 Å². The number of ether oxygens (including phenoxy) is 1. The van der Waals surface area contributed by atoms with Crippen LogP contribution >= 0.6 is 0 Å². The van der Waals surface area contributed by atoms with E-state index < -0.39 is 12.4 Å². The molecule has 2 heterocycles. The van der Waals surface area contributed by atoms with Crippen LogP contribution in [-0.4, -0.2) is 46.2 Å². The third kappa shape index (κ3) is 1.05. The van der Waals surface area contributed by atoms with Gasteiger partial charge in [-0.2, -0.15) is 0 Å². The van der Waals surface area contributed by atoms with E-state index in [0.717, 1.165) is 0 Å². The average molecular weight is 173 g/mol. The Labute approximate surface area is 69.5 Å². The molecule has 3 atom stereocenters. The van der Waals surface area contributed by atoms with Gasteiger partial charge in [0.1, 0.15) is 0 Å². The molecule has 68 valence electrons. The summed E-state index contributed by atoms with van der Waals surface area (Å²) in [5.74, 6) is 0. The van der Waals surface area contributed by atoms with Crippen molar-refractivity contribution in [2.24, 2.45) is 0 Å². The third-order valence-corrected chi connectivity index (χ3v) is 2.50. The highest BCUT2D eigenvalue weighted by atomic mass is 16.6. The van der Waals surface area contributed by atoms with Gasteiger partial charge in [0, 0.05) is 13.0 Å². The van der Waals surface area contributed by atoms with Gasteiger partial charge in [0.15, 0.2) is 6.29 Å². The number of fused-ring (bicyclic) bond motifs is 1. The quantitative estimate of drug-likeness (QED) is 0.534. The molecule has 0 aliphatic carbocycles. The summed E-state index contributed by atoms with van der Waals surface area (Å²) in [5, 5.41) is 17.8. The maximum atomic E-state index is 10.6. The molecule has 2 aliphatic heterocycles. The fourth-order valence-electron chi connectivity index (χ4n) is 1.96. The SMILES string of the molecule is O=C(O)N1CCC2OC(O)CC21. The summed E-state index contributed by atoms with van der Waals surface area (Å²) in [6.45, 7) is 0.525. The molecule has 2 N–H and O–H groups in total. The summed E-state index contributed by atoms with van der Waals surface area (Å²) in [5.41, 5.74) is 0. The van der Waals surface area contributed by atoms with Crippen molar-refractivity contribution < 1.29 is 19.7 Å². The van der Waals surface area contributed by atoms with E-state index in [1.165, 1.54) is 4.90 Å². The standard InChI is InChI=1S/C7H11NO4/c9-6-3-4-5(12-6)1-2-8(4)7(10)11/h4-6,9H,1-3H2,(H,10,11). The summed E-state index contributed by atoms with van der Waals surface area (Å²) in [7, 11) is 0. The van der Waals surface area contributed by atoms with E-state index in [4.69, 9.17) is 14.9 Å². The smallest absolute Gasteiger partial charge is 0.407 e. The van der Waals surface area contributed by atoms with E-state index >= 15 is 0 Å². The number of aliphatic hydroxyl groups excluding tert-OH is 1. The predicted octanol–water partition coefficient (Wildman–Crippen LogP) is -0.154. The van der Waals surface area contributed by atoms with E-state index in [1.54, 1.807) is 0 Å². The van der Waals surface area contributed by atoms with Crippen LogP contribution in [0.2, 0.25) is 0 Å². The first-order valence-corrected chi connectivity index (χ1v) is 4.01. The largest absolute Gasteiger partial charge is 0.465 e. The molecule has 2 fully saturated rings. The van der Waals surface area contributed by atoms with Crippen molar-refractivity contribution in [3.8, 4) is 0 Å². The zero-order valence-electron chi connectivity index (χ0n) is 6.51. The van der Waals surface area contributed by atoms with Gasteiger partial charge in [0.2, 0.25) is 0 Å². The van der Waals surface area contributed by atoms with Crippen LogP contribution in [0, 0.1) is 0 Å². The number of carboxylic acid groups (broad SMARTS) is 1. The highest BCUT2D eigenvalue weighted by Crippen LogP contribution is 2.31. The minimum Gasteiger partial charge on any atom is -0.465 e. The fourth-order valence-corrected chi connectivity index (χ4v) is 1.96. The molecule has 1 amide bonds. The second kappa shape index (κ2) is 2.60. The molecule has 2 rings (SSSR count). The van der Waals surface area contributed by atoms with E-state index in [2.05, 4.69) is 0 Å². The highest BCUT2D eigenvalue weighted by Gasteiger charge is 2.44. The van der Waals surface area contributed by atoms with E-state index in [9.17, 15) is 4.79 Å². The van der Waals surface area contributed by atoms with Gasteiger partial charge in [-0.3, -0.25) is 0 Å². The Kier molecular flexibility index (Phi) is 1.69. The van der Waals surface area contributed by atoms with Crippen molar-refractivity contribution in [2.75, 3.05) is 6.54 Å². The van der Waals surface area contributed by atoms with Gasteiger partial charge in [0.25, 0.3) is 0 Å². The van der Waals surface area contributed by atoms with Crippen molar-refractivity contribution in [3.05, 3.63) is 0 Å². The number of nitrogens with zero attached hydrogens (tertiary/aromatic N) is 1. The summed E-state index contributed by atoms with van der Waals surface area (Å²) in [4.78, 5) is 12.0. The second-order valence-corrected chi connectivity index (χ2v) is 3.20. The lowest BCUT2D eigenvalue weighted by atomic mass is 10.1. The van der Waals surface area contributed by atoms with Crippen LogP contribution in [-0.2, 0) is 4.74 Å². The van der Waals surface area contributed by atoms with E-state index in [1.807, 2.05) is 0 Å². The molecule has 0 radical (unpaired) electrons. The Hall–Kier alpha value is -0.810. The molecule has 2 aliphatic rings. The van der Waals surface area contributed by atoms with Gasteiger partial charge >= 0.3 is 6.09 Å². The van der Waals surface area contributed by atoms with Crippen LogP contribution in [0.25, 0.3) is 0 Å². The number of hydrogen-bond acceptors (Lipinski definition) is 3. The molecule has 0 bridgehead atoms. The Morgan fingerprint density at radius 3 is 3.00 bits per heavy atom. The molecule has 0 aromatic heterocycles. The number of likely N-dealkylation sites (tertiary alicyclic amines) is 1. The Bertz CT molecular complexity index is 208.